The lowest BCUT2D eigenvalue weighted by molar-refractivity contribution is 0.336. The predicted octanol–water partition coefficient (Wildman–Crippen LogP) is 5.59. The monoisotopic (exact) mass is 295 g/mol. The molecule has 2 atom stereocenters. The maximum Gasteiger partial charge on any atom is 0.0604 e. The van der Waals surface area contributed by atoms with E-state index >= 15 is 0 Å². The molecule has 1 aromatic carbocycles. The highest BCUT2D eigenvalue weighted by Gasteiger charge is 2.42. The molecule has 1 aliphatic rings. The number of benzene rings is 1. The molecule has 22 heavy (non-hydrogen) atoms. The van der Waals surface area contributed by atoms with Gasteiger partial charge in [0.2, 0.25) is 0 Å². The maximum atomic E-state index is 6.85. The van der Waals surface area contributed by atoms with Crippen molar-refractivity contribution in [1.82, 2.24) is 0 Å². The zero-order valence-corrected chi connectivity index (χ0v) is 14.4. The van der Waals surface area contributed by atoms with Gasteiger partial charge in [-0.1, -0.05) is 69.8 Å². The topological polar surface area (TPSA) is 26.0 Å². The second-order valence-corrected chi connectivity index (χ2v) is 6.79. The average molecular weight is 295 g/mol. The van der Waals surface area contributed by atoms with E-state index in [0.29, 0.717) is 0 Å². The van der Waals surface area contributed by atoms with E-state index in [1.165, 1.54) is 16.7 Å². The third kappa shape index (κ3) is 2.83. The minimum Gasteiger partial charge on any atom is -0.318 e. The Morgan fingerprint density at radius 2 is 1.82 bits per heavy atom. The van der Waals surface area contributed by atoms with Crippen LogP contribution in [0, 0.1) is 5.41 Å². The first kappa shape index (κ1) is 16.8. The molecule has 0 radical (unpaired) electrons. The van der Waals surface area contributed by atoms with E-state index in [1.54, 1.807) is 0 Å². The van der Waals surface area contributed by atoms with Crippen LogP contribution in [0.25, 0.3) is 11.6 Å². The molecule has 0 spiro atoms. The van der Waals surface area contributed by atoms with Crippen LogP contribution in [-0.4, -0.2) is 5.54 Å². The van der Waals surface area contributed by atoms with Crippen LogP contribution in [0.1, 0.15) is 58.1 Å². The molecule has 0 fully saturated rings. The smallest absolute Gasteiger partial charge is 0.0604 e. The molecule has 0 heterocycles. The van der Waals surface area contributed by atoms with E-state index < -0.39 is 5.54 Å². The van der Waals surface area contributed by atoms with Crippen molar-refractivity contribution in [2.45, 2.75) is 52.5 Å². The highest BCUT2D eigenvalue weighted by molar-refractivity contribution is 5.78. The summed E-state index contributed by atoms with van der Waals surface area (Å²) in [6, 6.07) is 8.53. The largest absolute Gasteiger partial charge is 0.318 e. The first-order valence-electron chi connectivity index (χ1n) is 8.32. The Balaban J connectivity index is 2.52. The predicted molar refractivity (Wildman–Crippen MR) is 98.5 cm³/mol. The second kappa shape index (κ2) is 6.26. The molecular formula is C21H29N. The zero-order valence-electron chi connectivity index (χ0n) is 14.4. The molecule has 0 aliphatic heterocycles. The van der Waals surface area contributed by atoms with Gasteiger partial charge in [-0.2, -0.15) is 0 Å². The molecule has 118 valence electrons. The molecule has 2 N–H and O–H groups in total. The molecule has 0 amide bonds. The third-order valence-corrected chi connectivity index (χ3v) is 5.17. The molecule has 0 saturated heterocycles. The van der Waals surface area contributed by atoms with Crippen LogP contribution in [-0.2, 0) is 0 Å². The van der Waals surface area contributed by atoms with Gasteiger partial charge in [0.1, 0.15) is 0 Å². The number of rotatable bonds is 4. The van der Waals surface area contributed by atoms with E-state index in [9.17, 15) is 0 Å². The van der Waals surface area contributed by atoms with Crippen LogP contribution in [0.5, 0.6) is 0 Å². The standard InChI is InChI=1S/C21H29N/c1-6-9-19-20(4,8-3)15-14-18(21(19,5)22)17-12-10-16(7-2)11-13-17/h7,9-14H,2,6,8,15,22H2,1,3-5H3/b19-9+. The lowest BCUT2D eigenvalue weighted by Gasteiger charge is -2.46. The molecule has 2 unspecified atom stereocenters. The van der Waals surface area contributed by atoms with Crippen molar-refractivity contribution in [3.8, 4) is 0 Å². The first-order valence-corrected chi connectivity index (χ1v) is 8.32. The summed E-state index contributed by atoms with van der Waals surface area (Å²) in [7, 11) is 0. The summed E-state index contributed by atoms with van der Waals surface area (Å²) in [6.45, 7) is 12.8. The van der Waals surface area contributed by atoms with Gasteiger partial charge in [0, 0.05) is 0 Å². The van der Waals surface area contributed by atoms with Crippen LogP contribution >= 0.6 is 0 Å². The van der Waals surface area contributed by atoms with Crippen molar-refractivity contribution >= 4 is 11.6 Å². The van der Waals surface area contributed by atoms with Gasteiger partial charge >= 0.3 is 0 Å². The normalized spacial score (nSPS) is 30.2. The lowest BCUT2D eigenvalue weighted by Crippen LogP contribution is -2.47. The van der Waals surface area contributed by atoms with Gasteiger partial charge in [-0.05, 0) is 53.9 Å². The van der Waals surface area contributed by atoms with E-state index in [-0.39, 0.29) is 5.41 Å². The number of nitrogens with two attached hydrogens (primary N) is 1. The first-order chi connectivity index (χ1) is 10.4. The van der Waals surface area contributed by atoms with E-state index in [4.69, 9.17) is 5.73 Å². The van der Waals surface area contributed by atoms with Gasteiger partial charge in [-0.3, -0.25) is 0 Å². The molecule has 2 rings (SSSR count). The summed E-state index contributed by atoms with van der Waals surface area (Å²) >= 11 is 0. The SMILES string of the molecule is C=Cc1ccc(C2=CCC(C)(CC)/C(=C\CC)C2(C)N)cc1. The minimum atomic E-state index is -0.408. The summed E-state index contributed by atoms with van der Waals surface area (Å²) in [6.07, 6.45) is 9.76. The van der Waals surface area contributed by atoms with Crippen molar-refractivity contribution in [1.29, 1.82) is 0 Å². The van der Waals surface area contributed by atoms with Gasteiger partial charge in [-0.15, -0.1) is 0 Å². The quantitative estimate of drug-likeness (QED) is 0.720. The summed E-state index contributed by atoms with van der Waals surface area (Å²) in [4.78, 5) is 0. The fourth-order valence-electron chi connectivity index (χ4n) is 3.64. The van der Waals surface area contributed by atoms with Gasteiger partial charge in [0.15, 0.2) is 0 Å². The van der Waals surface area contributed by atoms with Crippen molar-refractivity contribution in [2.75, 3.05) is 0 Å². The third-order valence-electron chi connectivity index (χ3n) is 5.17. The Morgan fingerprint density at radius 3 is 2.32 bits per heavy atom. The Labute approximate surface area is 135 Å². The number of hydrogen-bond donors (Lipinski definition) is 1. The number of allylic oxidation sites excluding steroid dienone is 2. The average Bonchev–Trinajstić information content (AvgIpc) is 2.51. The zero-order chi connectivity index (χ0) is 16.4. The van der Waals surface area contributed by atoms with Crippen LogP contribution in [0.4, 0.5) is 0 Å². The van der Waals surface area contributed by atoms with Crippen molar-refractivity contribution < 1.29 is 0 Å². The highest BCUT2D eigenvalue weighted by Crippen LogP contribution is 2.49. The minimum absolute atomic E-state index is 0.171. The molecular weight excluding hydrogens is 266 g/mol. The Morgan fingerprint density at radius 1 is 1.18 bits per heavy atom. The van der Waals surface area contributed by atoms with Crippen molar-refractivity contribution in [3.63, 3.8) is 0 Å². The van der Waals surface area contributed by atoms with Gasteiger partial charge in [0.05, 0.1) is 5.54 Å². The molecule has 1 heteroatoms. The van der Waals surface area contributed by atoms with E-state index in [1.807, 2.05) is 6.08 Å². The molecule has 0 bridgehead atoms. The number of hydrogen-bond acceptors (Lipinski definition) is 1. The molecule has 1 aliphatic carbocycles. The highest BCUT2D eigenvalue weighted by atomic mass is 14.8. The van der Waals surface area contributed by atoms with Gasteiger partial charge in [0.25, 0.3) is 0 Å². The van der Waals surface area contributed by atoms with Crippen LogP contribution in [0.15, 0.2) is 48.6 Å². The van der Waals surface area contributed by atoms with E-state index in [2.05, 4.69) is 70.7 Å². The molecule has 1 nitrogen and oxygen atoms in total. The fourth-order valence-corrected chi connectivity index (χ4v) is 3.64. The van der Waals surface area contributed by atoms with Crippen LogP contribution in [0.2, 0.25) is 0 Å². The fraction of sp³-hybridized carbons (Fsp3) is 0.429. The molecule has 0 saturated carbocycles. The molecule has 1 aromatic rings. The van der Waals surface area contributed by atoms with E-state index in [0.717, 1.165) is 24.8 Å². The van der Waals surface area contributed by atoms with Crippen LogP contribution < -0.4 is 5.73 Å². The van der Waals surface area contributed by atoms with Crippen molar-refractivity contribution in [2.24, 2.45) is 11.1 Å². The molecule has 0 aromatic heterocycles. The summed E-state index contributed by atoms with van der Waals surface area (Å²) < 4.78 is 0. The van der Waals surface area contributed by atoms with Crippen molar-refractivity contribution in [3.05, 3.63) is 59.7 Å². The Hall–Kier alpha value is -1.60. The maximum absolute atomic E-state index is 6.85. The van der Waals surface area contributed by atoms with Gasteiger partial charge in [-0.25, -0.2) is 0 Å². The summed E-state index contributed by atoms with van der Waals surface area (Å²) in [5, 5.41) is 0. The Bertz CT molecular complexity index is 601. The lowest BCUT2D eigenvalue weighted by atomic mass is 9.61. The van der Waals surface area contributed by atoms with Crippen LogP contribution in [0.3, 0.4) is 0 Å². The summed E-state index contributed by atoms with van der Waals surface area (Å²) in [5.41, 5.74) is 11.6. The Kier molecular flexibility index (Phi) is 4.77. The second-order valence-electron chi connectivity index (χ2n) is 6.79. The van der Waals surface area contributed by atoms with Gasteiger partial charge < -0.3 is 5.73 Å². The summed E-state index contributed by atoms with van der Waals surface area (Å²) in [5.74, 6) is 0.